The van der Waals surface area contributed by atoms with Gasteiger partial charge in [0.15, 0.2) is 0 Å². The predicted molar refractivity (Wildman–Crippen MR) is 182 cm³/mol. The molecule has 4 rings (SSSR count). The van der Waals surface area contributed by atoms with Gasteiger partial charge in [0.25, 0.3) is 11.8 Å². The molecule has 0 saturated carbocycles. The van der Waals surface area contributed by atoms with Crippen LogP contribution in [0, 0.1) is 6.92 Å². The van der Waals surface area contributed by atoms with Crippen LogP contribution in [-0.2, 0) is 23.0 Å². The van der Waals surface area contributed by atoms with E-state index in [-0.39, 0.29) is 35.2 Å². The summed E-state index contributed by atoms with van der Waals surface area (Å²) < 4.78 is 27.3. The second-order valence-electron chi connectivity index (χ2n) is 11.4. The van der Waals surface area contributed by atoms with Gasteiger partial charge in [-0.1, -0.05) is 90.5 Å². The van der Waals surface area contributed by atoms with Gasteiger partial charge < -0.3 is 21.1 Å². The predicted octanol–water partition coefficient (Wildman–Crippen LogP) is 4.74. The van der Waals surface area contributed by atoms with E-state index in [1.54, 1.807) is 0 Å². The van der Waals surface area contributed by atoms with Gasteiger partial charge in [-0.2, -0.15) is 0 Å². The normalized spacial score (nSPS) is 13.3. The lowest BCUT2D eigenvalue weighted by Gasteiger charge is -2.25. The van der Waals surface area contributed by atoms with Crippen molar-refractivity contribution in [3.05, 3.63) is 137 Å². The summed E-state index contributed by atoms with van der Waals surface area (Å²) in [5, 5.41) is 20.4. The maximum Gasteiger partial charge on any atom is 0.251 e. The molecule has 46 heavy (non-hydrogen) atoms. The Labute approximate surface area is 271 Å². The Morgan fingerprint density at radius 2 is 1.39 bits per heavy atom. The first kappa shape index (κ1) is 34.4. The maximum atomic E-state index is 13.7. The highest BCUT2D eigenvalue weighted by atomic mass is 32.2. The van der Waals surface area contributed by atoms with E-state index in [1.165, 1.54) is 25.1 Å². The molecule has 4 aromatic carbocycles. The van der Waals surface area contributed by atoms with E-state index in [9.17, 15) is 23.1 Å². The Bertz CT molecular complexity index is 1720. The Morgan fingerprint density at radius 1 is 0.783 bits per heavy atom. The monoisotopic (exact) mass is 642 g/mol. The van der Waals surface area contributed by atoms with E-state index < -0.39 is 34.0 Å². The summed E-state index contributed by atoms with van der Waals surface area (Å²) in [6.07, 6.45) is -0.602. The van der Waals surface area contributed by atoms with Gasteiger partial charge in [-0.15, -0.1) is 0 Å². The number of aliphatic hydroxyl groups is 1. The van der Waals surface area contributed by atoms with Crippen LogP contribution in [0.15, 0.2) is 103 Å². The first-order valence-electron chi connectivity index (χ1n) is 15.3. The third-order valence-corrected chi connectivity index (χ3v) is 8.91. The van der Waals surface area contributed by atoms with Crippen molar-refractivity contribution in [3.8, 4) is 0 Å². The van der Waals surface area contributed by atoms with E-state index in [4.69, 9.17) is 0 Å². The summed E-state index contributed by atoms with van der Waals surface area (Å²) in [7, 11) is -3.70. The largest absolute Gasteiger partial charge is 0.390 e. The van der Waals surface area contributed by atoms with Crippen molar-refractivity contribution in [1.29, 1.82) is 0 Å². The Kier molecular flexibility index (Phi) is 12.1. The number of hydrogen-bond acceptors (Lipinski definition) is 6. The van der Waals surface area contributed by atoms with Crippen LogP contribution in [0.4, 0.5) is 5.69 Å². The Hall–Kier alpha value is -4.51. The highest BCUT2D eigenvalue weighted by Gasteiger charge is 2.24. The molecule has 0 unspecified atom stereocenters. The highest BCUT2D eigenvalue weighted by Crippen LogP contribution is 2.20. The number of anilines is 1. The molecule has 0 aromatic heterocycles. The second-order valence-corrected chi connectivity index (χ2v) is 13.4. The van der Waals surface area contributed by atoms with Crippen LogP contribution >= 0.6 is 0 Å². The van der Waals surface area contributed by atoms with Crippen molar-refractivity contribution in [3.63, 3.8) is 0 Å². The van der Waals surface area contributed by atoms with Crippen LogP contribution in [0.3, 0.4) is 0 Å². The molecule has 0 saturated heterocycles. The minimum Gasteiger partial charge on any atom is -0.390 e. The zero-order valence-electron chi connectivity index (χ0n) is 26.4. The molecular weight excluding hydrogens is 600 g/mol. The lowest BCUT2D eigenvalue weighted by molar-refractivity contribution is 0.0830. The SMILES string of the molecule is CCS(=O)(=O)Nc1cc(C(=O)N[C@@H](Cc2ccccc2)[C@H](O)CNCc2cccc(C)c2)cc(C(=O)N[C@H](C)c2ccccc2)c1. The molecule has 0 spiro atoms. The molecule has 0 aliphatic carbocycles. The van der Waals surface area contributed by atoms with Gasteiger partial charge in [0.05, 0.1) is 29.6 Å². The summed E-state index contributed by atoms with van der Waals surface area (Å²) in [5.41, 5.74) is 4.31. The molecule has 4 aromatic rings. The van der Waals surface area contributed by atoms with Gasteiger partial charge in [0.1, 0.15) is 0 Å². The first-order valence-corrected chi connectivity index (χ1v) is 17.0. The fourth-order valence-electron chi connectivity index (χ4n) is 5.04. The lowest BCUT2D eigenvalue weighted by Crippen LogP contribution is -2.48. The molecule has 10 heteroatoms. The Balaban J connectivity index is 1.56. The summed E-state index contributed by atoms with van der Waals surface area (Å²) in [4.78, 5) is 27.1. The minimum absolute atomic E-state index is 0.0757. The molecule has 242 valence electrons. The van der Waals surface area contributed by atoms with Gasteiger partial charge in [0.2, 0.25) is 10.0 Å². The zero-order valence-corrected chi connectivity index (χ0v) is 27.2. The minimum atomic E-state index is -3.70. The number of aryl methyl sites for hydroxylation is 1. The van der Waals surface area contributed by atoms with Crippen LogP contribution in [-0.4, -0.2) is 49.8 Å². The van der Waals surface area contributed by atoms with Gasteiger partial charge in [-0.3, -0.25) is 14.3 Å². The van der Waals surface area contributed by atoms with Crippen LogP contribution in [0.1, 0.15) is 62.9 Å². The fourth-order valence-corrected chi connectivity index (χ4v) is 5.66. The number of carbonyl (C=O) groups is 2. The second kappa shape index (κ2) is 16.2. The van der Waals surface area contributed by atoms with E-state index in [0.717, 1.165) is 22.3 Å². The van der Waals surface area contributed by atoms with Crippen molar-refractivity contribution in [1.82, 2.24) is 16.0 Å². The number of hydrogen-bond donors (Lipinski definition) is 5. The molecular formula is C36H42N4O5S. The number of sulfonamides is 1. The number of rotatable bonds is 15. The number of amides is 2. The average molecular weight is 643 g/mol. The topological polar surface area (TPSA) is 137 Å². The van der Waals surface area contributed by atoms with Crippen molar-refractivity contribution in [2.24, 2.45) is 0 Å². The van der Waals surface area contributed by atoms with Gasteiger partial charge >= 0.3 is 0 Å². The van der Waals surface area contributed by atoms with Crippen LogP contribution < -0.4 is 20.7 Å². The lowest BCUT2D eigenvalue weighted by atomic mass is 10.00. The van der Waals surface area contributed by atoms with Crippen LogP contribution in [0.5, 0.6) is 0 Å². The molecule has 0 fully saturated rings. The fraction of sp³-hybridized carbons (Fsp3) is 0.278. The maximum absolute atomic E-state index is 13.7. The quantitative estimate of drug-likeness (QED) is 0.127. The van der Waals surface area contributed by atoms with E-state index >= 15 is 0 Å². The molecule has 0 aliphatic heterocycles. The molecule has 2 amide bonds. The first-order chi connectivity index (χ1) is 22.0. The van der Waals surface area contributed by atoms with Gasteiger partial charge in [-0.25, -0.2) is 8.42 Å². The molecule has 0 aliphatic rings. The van der Waals surface area contributed by atoms with Crippen LogP contribution in [0.2, 0.25) is 0 Å². The van der Waals surface area contributed by atoms with E-state index in [1.807, 2.05) is 92.7 Å². The number of aliphatic hydroxyl groups excluding tert-OH is 1. The van der Waals surface area contributed by atoms with Crippen molar-refractivity contribution in [2.75, 3.05) is 17.0 Å². The third-order valence-electron chi connectivity index (χ3n) is 7.60. The van der Waals surface area contributed by atoms with Crippen molar-refractivity contribution in [2.45, 2.75) is 51.9 Å². The number of carbonyl (C=O) groups excluding carboxylic acids is 2. The summed E-state index contributed by atoms with van der Waals surface area (Å²) in [5.74, 6) is -1.21. The smallest absolute Gasteiger partial charge is 0.251 e. The number of nitrogens with one attached hydrogen (secondary N) is 4. The summed E-state index contributed by atoms with van der Waals surface area (Å²) in [6, 6.07) is 30.2. The molecule has 5 N–H and O–H groups in total. The van der Waals surface area contributed by atoms with Gasteiger partial charge in [-0.05, 0) is 62.1 Å². The van der Waals surface area contributed by atoms with Crippen molar-refractivity contribution < 1.29 is 23.1 Å². The summed E-state index contributed by atoms with van der Waals surface area (Å²) in [6.45, 7) is 6.12. The molecule has 9 nitrogen and oxygen atoms in total. The molecule has 0 radical (unpaired) electrons. The molecule has 0 heterocycles. The Morgan fingerprint density at radius 3 is 2.02 bits per heavy atom. The van der Waals surface area contributed by atoms with Crippen molar-refractivity contribution >= 4 is 27.5 Å². The average Bonchev–Trinajstić information content (AvgIpc) is 3.05. The zero-order chi connectivity index (χ0) is 33.1. The summed E-state index contributed by atoms with van der Waals surface area (Å²) >= 11 is 0. The molecule has 0 bridgehead atoms. The number of benzene rings is 4. The van der Waals surface area contributed by atoms with E-state index in [2.05, 4.69) is 26.7 Å². The molecule has 3 atom stereocenters. The van der Waals surface area contributed by atoms with E-state index in [0.29, 0.717) is 13.0 Å². The highest BCUT2D eigenvalue weighted by molar-refractivity contribution is 7.92. The van der Waals surface area contributed by atoms with Crippen LogP contribution in [0.25, 0.3) is 0 Å². The van der Waals surface area contributed by atoms with Gasteiger partial charge in [0, 0.05) is 24.2 Å². The third kappa shape index (κ3) is 10.3. The standard InChI is InChI=1S/C36H42N4O5S/c1-4-46(44,45)40-32-21-30(35(42)38-26(3)29-16-9-6-10-17-29)20-31(22-32)36(43)39-33(19-27-13-7-5-8-14-27)34(41)24-37-23-28-15-11-12-25(2)18-28/h5-18,20-22,26,33-34,37,40-41H,4,19,23-24H2,1-3H3,(H,38,42)(H,39,43)/t26-,33+,34-/m1/s1.